The summed E-state index contributed by atoms with van der Waals surface area (Å²) in [6.07, 6.45) is 2.43. The highest BCUT2D eigenvalue weighted by Gasteiger charge is 2.31. The number of nitrogens with zero attached hydrogens (tertiary/aromatic N) is 5. The Morgan fingerprint density at radius 2 is 1.61 bits per heavy atom. The van der Waals surface area contributed by atoms with Gasteiger partial charge in [-0.1, -0.05) is 60.7 Å². The van der Waals surface area contributed by atoms with Crippen LogP contribution in [0.3, 0.4) is 0 Å². The molecular weight excluding hydrogens is 512 g/mol. The lowest BCUT2D eigenvalue weighted by molar-refractivity contribution is 0.178. The van der Waals surface area contributed by atoms with E-state index in [1.165, 1.54) is 5.56 Å². The number of rotatable bonds is 10. The number of tetrazole rings is 1. The van der Waals surface area contributed by atoms with Gasteiger partial charge in [-0.3, -0.25) is 9.69 Å². The van der Waals surface area contributed by atoms with E-state index in [0.717, 1.165) is 39.8 Å². The molecule has 206 valence electrons. The Morgan fingerprint density at radius 3 is 2.34 bits per heavy atom. The quantitative estimate of drug-likeness (QED) is 0.236. The molecule has 6 rings (SSSR count). The van der Waals surface area contributed by atoms with Gasteiger partial charge in [-0.05, 0) is 88.7 Å². The van der Waals surface area contributed by atoms with Crippen molar-refractivity contribution in [1.29, 1.82) is 0 Å². The summed E-state index contributed by atoms with van der Waals surface area (Å²) >= 11 is 0. The molecule has 1 atom stereocenters. The summed E-state index contributed by atoms with van der Waals surface area (Å²) in [7, 11) is 0. The largest absolute Gasteiger partial charge is 0.468 e. The molecular formula is C33H32N6O2. The number of benzene rings is 3. The Kier molecular flexibility index (Phi) is 7.56. The minimum absolute atomic E-state index is 0.166. The predicted molar refractivity (Wildman–Crippen MR) is 158 cm³/mol. The van der Waals surface area contributed by atoms with E-state index in [1.807, 2.05) is 65.3 Å². The maximum Gasteiger partial charge on any atom is 0.253 e. The topological polar surface area (TPSA) is 92.8 Å². The summed E-state index contributed by atoms with van der Waals surface area (Å²) in [6.45, 7) is 5.73. The van der Waals surface area contributed by atoms with Crippen LogP contribution in [0.25, 0.3) is 10.9 Å². The second-order valence-corrected chi connectivity index (χ2v) is 10.4. The molecule has 3 aromatic carbocycles. The van der Waals surface area contributed by atoms with E-state index in [1.54, 1.807) is 6.26 Å². The average molecular weight is 545 g/mol. The number of hydrogen-bond acceptors (Lipinski definition) is 6. The Balaban J connectivity index is 1.49. The van der Waals surface area contributed by atoms with E-state index in [0.29, 0.717) is 31.0 Å². The standard InChI is InChI=1S/C33H32N6O2/c1-23-18-27-20-29(33(40)34-30(27)19-24(23)2)31(32-35-36-37-39(32)16-15-25-10-5-3-6-11-25)38(22-28-14-9-17-41-28)21-26-12-7-4-8-13-26/h3-14,17-20,31H,15-16,21-22H2,1-2H3,(H,34,40)/t31-/m0/s1. The van der Waals surface area contributed by atoms with Crippen molar-refractivity contribution in [3.63, 3.8) is 0 Å². The monoisotopic (exact) mass is 544 g/mol. The van der Waals surface area contributed by atoms with Crippen molar-refractivity contribution in [1.82, 2.24) is 30.1 Å². The Morgan fingerprint density at radius 1 is 0.878 bits per heavy atom. The van der Waals surface area contributed by atoms with Gasteiger partial charge in [0.1, 0.15) is 11.8 Å². The predicted octanol–water partition coefficient (Wildman–Crippen LogP) is 5.76. The number of nitrogens with one attached hydrogen (secondary N) is 1. The minimum atomic E-state index is -0.541. The van der Waals surface area contributed by atoms with Crippen LogP contribution in [0.4, 0.5) is 0 Å². The summed E-state index contributed by atoms with van der Waals surface area (Å²) in [6, 6.07) is 29.9. The van der Waals surface area contributed by atoms with Gasteiger partial charge in [0.15, 0.2) is 5.82 Å². The van der Waals surface area contributed by atoms with Gasteiger partial charge in [-0.2, -0.15) is 0 Å². The van der Waals surface area contributed by atoms with E-state index in [2.05, 4.69) is 69.6 Å². The SMILES string of the molecule is Cc1cc2cc([C@@H](c3nnnn3CCc3ccccc3)N(Cc3ccccc3)Cc3ccco3)c(=O)[nH]c2cc1C. The van der Waals surface area contributed by atoms with E-state index in [9.17, 15) is 4.79 Å². The van der Waals surface area contributed by atoms with Crippen LogP contribution in [0.1, 0.15) is 45.4 Å². The van der Waals surface area contributed by atoms with Gasteiger partial charge in [-0.25, -0.2) is 4.68 Å². The number of aromatic amines is 1. The van der Waals surface area contributed by atoms with Gasteiger partial charge >= 0.3 is 0 Å². The van der Waals surface area contributed by atoms with Gasteiger partial charge in [0.25, 0.3) is 5.56 Å². The molecule has 8 heteroatoms. The average Bonchev–Trinajstić information content (AvgIpc) is 3.67. The first kappa shape index (κ1) is 26.4. The first-order valence-electron chi connectivity index (χ1n) is 13.8. The van der Waals surface area contributed by atoms with Gasteiger partial charge in [-0.15, -0.1) is 5.10 Å². The molecule has 0 bridgehead atoms. The second-order valence-electron chi connectivity index (χ2n) is 10.4. The molecule has 0 fully saturated rings. The summed E-state index contributed by atoms with van der Waals surface area (Å²) in [5.41, 5.74) is 5.82. The van der Waals surface area contributed by atoms with Crippen molar-refractivity contribution >= 4 is 10.9 Å². The second kappa shape index (κ2) is 11.7. The summed E-state index contributed by atoms with van der Waals surface area (Å²) in [5.74, 6) is 1.40. The molecule has 0 radical (unpaired) electrons. The number of H-pyrrole nitrogens is 1. The number of hydrogen-bond donors (Lipinski definition) is 1. The third kappa shape index (κ3) is 5.88. The highest BCUT2D eigenvalue weighted by atomic mass is 16.3. The van der Waals surface area contributed by atoms with Crippen LogP contribution in [0, 0.1) is 13.8 Å². The zero-order chi connectivity index (χ0) is 28.2. The number of pyridine rings is 1. The Labute approximate surface area is 238 Å². The lowest BCUT2D eigenvalue weighted by Crippen LogP contribution is -2.35. The van der Waals surface area contributed by atoms with Crippen LogP contribution in [0.5, 0.6) is 0 Å². The first-order chi connectivity index (χ1) is 20.0. The van der Waals surface area contributed by atoms with Crippen molar-refractivity contribution in [3.8, 4) is 0 Å². The molecule has 0 aliphatic rings. The van der Waals surface area contributed by atoms with Crippen LogP contribution >= 0.6 is 0 Å². The zero-order valence-corrected chi connectivity index (χ0v) is 23.2. The van der Waals surface area contributed by atoms with Crippen LogP contribution < -0.4 is 5.56 Å². The molecule has 8 nitrogen and oxygen atoms in total. The fourth-order valence-corrected chi connectivity index (χ4v) is 5.30. The number of furan rings is 1. The fourth-order valence-electron chi connectivity index (χ4n) is 5.30. The van der Waals surface area contributed by atoms with Crippen molar-refractivity contribution in [2.75, 3.05) is 0 Å². The molecule has 1 N–H and O–H groups in total. The lowest BCUT2D eigenvalue weighted by atomic mass is 10.00. The number of fused-ring (bicyclic) bond motifs is 1. The zero-order valence-electron chi connectivity index (χ0n) is 23.2. The molecule has 0 saturated carbocycles. The van der Waals surface area contributed by atoms with E-state index in [4.69, 9.17) is 4.42 Å². The molecule has 0 saturated heterocycles. The summed E-state index contributed by atoms with van der Waals surface area (Å²) < 4.78 is 7.61. The number of aromatic nitrogens is 5. The maximum absolute atomic E-state index is 13.8. The van der Waals surface area contributed by atoms with E-state index in [-0.39, 0.29) is 5.56 Å². The highest BCUT2D eigenvalue weighted by Crippen LogP contribution is 2.31. The maximum atomic E-state index is 13.8. The third-order valence-electron chi connectivity index (χ3n) is 7.57. The fraction of sp³-hybridized carbons (Fsp3) is 0.212. The molecule has 41 heavy (non-hydrogen) atoms. The minimum Gasteiger partial charge on any atom is -0.468 e. The molecule has 0 aliphatic heterocycles. The molecule has 0 unspecified atom stereocenters. The summed E-state index contributed by atoms with van der Waals surface area (Å²) in [5, 5.41) is 14.0. The summed E-state index contributed by atoms with van der Waals surface area (Å²) in [4.78, 5) is 19.2. The molecule has 0 amide bonds. The highest BCUT2D eigenvalue weighted by molar-refractivity contribution is 5.81. The molecule has 3 aromatic heterocycles. The molecule has 6 aromatic rings. The van der Waals surface area contributed by atoms with Crippen molar-refractivity contribution < 1.29 is 4.42 Å². The molecule has 3 heterocycles. The smallest absolute Gasteiger partial charge is 0.253 e. The lowest BCUT2D eigenvalue weighted by Gasteiger charge is -2.30. The van der Waals surface area contributed by atoms with Crippen molar-refractivity contribution in [2.24, 2.45) is 0 Å². The van der Waals surface area contributed by atoms with Gasteiger partial charge in [0.05, 0.1) is 12.8 Å². The van der Waals surface area contributed by atoms with Crippen LogP contribution in [-0.2, 0) is 26.1 Å². The number of aryl methyl sites for hydroxylation is 4. The van der Waals surface area contributed by atoms with Gasteiger partial charge < -0.3 is 9.40 Å². The van der Waals surface area contributed by atoms with Crippen LogP contribution in [0.15, 0.2) is 106 Å². The van der Waals surface area contributed by atoms with Gasteiger partial charge in [0, 0.05) is 24.2 Å². The van der Waals surface area contributed by atoms with Crippen LogP contribution in [-0.4, -0.2) is 30.1 Å². The molecule has 0 aliphatic carbocycles. The third-order valence-corrected chi connectivity index (χ3v) is 7.57. The Bertz CT molecular complexity index is 1790. The first-order valence-corrected chi connectivity index (χ1v) is 13.8. The van der Waals surface area contributed by atoms with Crippen molar-refractivity contribution in [3.05, 3.63) is 147 Å². The van der Waals surface area contributed by atoms with Crippen LogP contribution in [0.2, 0.25) is 0 Å². The molecule has 0 spiro atoms. The van der Waals surface area contributed by atoms with Gasteiger partial charge in [0.2, 0.25) is 0 Å². The van der Waals surface area contributed by atoms with Crippen molar-refractivity contribution in [2.45, 2.75) is 45.9 Å². The van der Waals surface area contributed by atoms with E-state index < -0.39 is 6.04 Å². The van der Waals surface area contributed by atoms with E-state index >= 15 is 0 Å². The normalized spacial score (nSPS) is 12.3. The Hall–Kier alpha value is -4.82.